The third-order valence-electron chi connectivity index (χ3n) is 13.1. The zero-order valence-electron chi connectivity index (χ0n) is 45.1. The minimum Gasteiger partial charge on any atom is -0.207 e. The van der Waals surface area contributed by atoms with E-state index in [0.717, 1.165) is 38.9 Å². The molecule has 3 aromatic rings. The number of hydrogen-bond donors (Lipinski definition) is 0. The van der Waals surface area contributed by atoms with Gasteiger partial charge >= 0.3 is 0 Å². The normalized spacial score (nSPS) is 16.2. The highest BCUT2D eigenvalue weighted by molar-refractivity contribution is 7.89. The maximum atomic E-state index is 15.3. The molecule has 0 bridgehead atoms. The SMILES string of the molecule is CC(C)c1cc(C(C)C)c(S(=O)(=O)N2CC#CCN(S(=O)(=O)c3c(C(C)C)cc(C(C)C)cc3C(C)C)C/C=C\CN(S(=O)(=O)c3c(C(C)C)cc(C(C)C)cc3C(C)C)CC#CC2)c(C(C)C)c1. The van der Waals surface area contributed by atoms with Gasteiger partial charge in [-0.15, -0.1) is 0 Å². The average Bonchev–Trinajstić information content (AvgIpc) is 3.26. The lowest BCUT2D eigenvalue weighted by molar-refractivity contribution is 0.467. The molecule has 0 fully saturated rings. The maximum Gasteiger partial charge on any atom is 0.245 e. The molecule has 380 valence electrons. The van der Waals surface area contributed by atoms with Crippen molar-refractivity contribution in [2.45, 2.75) is 193 Å². The van der Waals surface area contributed by atoms with E-state index in [-0.39, 0.29) is 107 Å². The summed E-state index contributed by atoms with van der Waals surface area (Å²) in [5, 5.41) is 0. The first kappa shape index (κ1) is 57.8. The molecule has 0 atom stereocenters. The third kappa shape index (κ3) is 13.2. The highest BCUT2D eigenvalue weighted by Crippen LogP contribution is 2.40. The molecule has 0 unspecified atom stereocenters. The Kier molecular flexibility index (Phi) is 19.8. The van der Waals surface area contributed by atoms with E-state index in [9.17, 15) is 0 Å². The first-order valence-corrected chi connectivity index (χ1v) is 29.4. The van der Waals surface area contributed by atoms with Crippen molar-refractivity contribution in [2.75, 3.05) is 39.3 Å². The van der Waals surface area contributed by atoms with Crippen LogP contribution >= 0.6 is 0 Å². The summed E-state index contributed by atoms with van der Waals surface area (Å²) in [4.78, 5) is 0.744. The van der Waals surface area contributed by atoms with Crippen LogP contribution in [0.15, 0.2) is 63.2 Å². The first-order valence-electron chi connectivity index (χ1n) is 25.1. The predicted octanol–water partition coefficient (Wildman–Crippen LogP) is 12.7. The monoisotopic (exact) mass is 1000 g/mol. The predicted molar refractivity (Wildman–Crippen MR) is 287 cm³/mol. The molecule has 4 rings (SSSR count). The lowest BCUT2D eigenvalue weighted by atomic mass is 9.89. The number of nitrogens with zero attached hydrogens (tertiary/aromatic N) is 3. The van der Waals surface area contributed by atoms with Crippen LogP contribution in [0.3, 0.4) is 0 Å². The highest BCUT2D eigenvalue weighted by Gasteiger charge is 2.35. The summed E-state index contributed by atoms with van der Waals surface area (Å²) in [6, 6.07) is 12.0. The quantitative estimate of drug-likeness (QED) is 0.111. The molecule has 1 aliphatic rings. The van der Waals surface area contributed by atoms with Gasteiger partial charge in [0.05, 0.1) is 40.9 Å². The third-order valence-corrected chi connectivity index (χ3v) is 18.9. The Morgan fingerprint density at radius 3 is 0.696 bits per heavy atom. The Labute approximate surface area is 420 Å². The summed E-state index contributed by atoms with van der Waals surface area (Å²) in [5.41, 5.74) is 7.47. The fraction of sp³-hybridized carbons (Fsp3) is 0.579. The van der Waals surface area contributed by atoms with Crippen LogP contribution in [0.1, 0.15) is 228 Å². The van der Waals surface area contributed by atoms with Crippen LogP contribution in [0.25, 0.3) is 0 Å². The van der Waals surface area contributed by atoms with E-state index in [4.69, 9.17) is 0 Å². The number of rotatable bonds is 15. The molecule has 1 heterocycles. The standard InChI is InChI=1S/C57H83N3O6S3/c1-37(2)46-31-49(40(7)8)55(50(32-46)41(9)10)67(61,62)58-25-19-21-27-59(68(63,64)56-51(42(11)12)33-47(38(3)4)34-52(56)43(13)14)29-23-24-30-60(28-22-20-26-58)69(65,66)57-53(44(15)16)35-48(39(5)6)36-54(57)45(17)18/h19,21,31-45H,25-30H2,1-18H3/b21-19-. The number of benzene rings is 3. The number of hydrogen-bond acceptors (Lipinski definition) is 6. The van der Waals surface area contributed by atoms with Crippen molar-refractivity contribution in [1.29, 1.82) is 0 Å². The molecule has 3 aromatic carbocycles. The van der Waals surface area contributed by atoms with E-state index in [1.165, 1.54) is 12.9 Å². The first-order chi connectivity index (χ1) is 32.0. The lowest BCUT2D eigenvalue weighted by Crippen LogP contribution is -2.35. The molecule has 0 N–H and O–H groups in total. The average molecular weight is 1000 g/mol. The summed E-state index contributed by atoms with van der Waals surface area (Å²) in [6.45, 7) is 35.3. The molecule has 69 heavy (non-hydrogen) atoms. The van der Waals surface area contributed by atoms with Gasteiger partial charge in [-0.3, -0.25) is 0 Å². The Morgan fingerprint density at radius 1 is 0.319 bits per heavy atom. The minimum atomic E-state index is -4.27. The second kappa shape index (κ2) is 23.7. The van der Waals surface area contributed by atoms with E-state index in [0.29, 0.717) is 11.1 Å². The van der Waals surface area contributed by atoms with Crippen LogP contribution in [0.2, 0.25) is 0 Å². The molecule has 1 aliphatic heterocycles. The molecule has 0 saturated carbocycles. The minimum absolute atomic E-state index is 0.102. The molecule has 0 saturated heterocycles. The zero-order valence-corrected chi connectivity index (χ0v) is 47.5. The van der Waals surface area contributed by atoms with Crippen LogP contribution in [-0.4, -0.2) is 77.4 Å². The molecule has 9 nitrogen and oxygen atoms in total. The van der Waals surface area contributed by atoms with Gasteiger partial charge in [-0.25, -0.2) is 25.3 Å². The van der Waals surface area contributed by atoms with Gasteiger partial charge in [-0.1, -0.05) is 197 Å². The highest BCUT2D eigenvalue weighted by atomic mass is 32.2. The Morgan fingerprint density at radius 2 is 0.507 bits per heavy atom. The van der Waals surface area contributed by atoms with Gasteiger partial charge in [0.1, 0.15) is 0 Å². The zero-order chi connectivity index (χ0) is 52.1. The lowest BCUT2D eigenvalue weighted by Gasteiger charge is -2.27. The Balaban J connectivity index is 2.04. The van der Waals surface area contributed by atoms with E-state index in [2.05, 4.69) is 65.2 Å². The molecule has 0 spiro atoms. The van der Waals surface area contributed by atoms with Crippen molar-refractivity contribution in [2.24, 2.45) is 0 Å². The van der Waals surface area contributed by atoms with Crippen LogP contribution in [0.5, 0.6) is 0 Å². The Hall–Kier alpha value is -3.75. The van der Waals surface area contributed by atoms with Gasteiger partial charge in [0.25, 0.3) is 0 Å². The molecule has 0 radical (unpaired) electrons. The van der Waals surface area contributed by atoms with Crippen molar-refractivity contribution < 1.29 is 25.3 Å². The van der Waals surface area contributed by atoms with E-state index >= 15 is 25.3 Å². The van der Waals surface area contributed by atoms with Gasteiger partial charge in [0, 0.05) is 13.1 Å². The van der Waals surface area contributed by atoms with E-state index < -0.39 is 30.1 Å². The van der Waals surface area contributed by atoms with Crippen molar-refractivity contribution in [3.63, 3.8) is 0 Å². The molecular weight excluding hydrogens is 919 g/mol. The Bertz CT molecular complexity index is 2580. The molecule has 12 heteroatoms. The van der Waals surface area contributed by atoms with Gasteiger partial charge in [-0.05, 0) is 103 Å². The summed E-state index contributed by atoms with van der Waals surface area (Å²) in [5.74, 6) is 12.0. The van der Waals surface area contributed by atoms with Crippen LogP contribution in [0, 0.1) is 23.7 Å². The second-order valence-electron chi connectivity index (χ2n) is 21.5. The fourth-order valence-corrected chi connectivity index (χ4v) is 14.5. The van der Waals surface area contributed by atoms with Crippen molar-refractivity contribution in [3.05, 3.63) is 98.6 Å². The largest absolute Gasteiger partial charge is 0.245 e. The molecular formula is C57H83N3O6S3. The van der Waals surface area contributed by atoms with Gasteiger partial charge in [-0.2, -0.15) is 12.9 Å². The topological polar surface area (TPSA) is 112 Å². The fourth-order valence-electron chi connectivity index (χ4n) is 8.63. The van der Waals surface area contributed by atoms with Crippen molar-refractivity contribution in [1.82, 2.24) is 12.9 Å². The van der Waals surface area contributed by atoms with Crippen LogP contribution < -0.4 is 0 Å². The summed E-state index contributed by atoms with van der Waals surface area (Å²) in [6.07, 6.45) is 3.38. The summed E-state index contributed by atoms with van der Waals surface area (Å²) < 4.78 is 95.5. The smallest absolute Gasteiger partial charge is 0.207 e. The van der Waals surface area contributed by atoms with Crippen molar-refractivity contribution >= 4 is 30.1 Å². The maximum absolute atomic E-state index is 15.3. The van der Waals surface area contributed by atoms with Crippen molar-refractivity contribution in [3.8, 4) is 23.7 Å². The van der Waals surface area contributed by atoms with Crippen LogP contribution in [-0.2, 0) is 30.1 Å². The molecule has 0 amide bonds. The second-order valence-corrected chi connectivity index (χ2v) is 27.1. The van der Waals surface area contributed by atoms with E-state index in [1.54, 1.807) is 12.2 Å². The summed E-state index contributed by atoms with van der Waals surface area (Å²) >= 11 is 0. The molecule has 0 aromatic heterocycles. The van der Waals surface area contributed by atoms with Gasteiger partial charge in [0.2, 0.25) is 30.1 Å². The van der Waals surface area contributed by atoms with Crippen LogP contribution in [0.4, 0.5) is 0 Å². The number of sulfonamides is 3. The van der Waals surface area contributed by atoms with E-state index in [1.807, 2.05) is 119 Å². The van der Waals surface area contributed by atoms with Gasteiger partial charge in [0.15, 0.2) is 0 Å². The summed E-state index contributed by atoms with van der Waals surface area (Å²) in [7, 11) is -12.7. The van der Waals surface area contributed by atoms with Gasteiger partial charge < -0.3 is 0 Å². The molecule has 0 aliphatic carbocycles.